The standard InChI is InChI=1S/C19H17F2N3O4/c20-19(21)6-15(7-19)28-10-16(25)12-5-13-9-23-24(17(13)22-8-12)14-3-1-11(2-4-14)18(26)27/h1-5,8-9,15-16,25H,6-7,10H2,(H,26,27)/t16-/m0/s1. The number of hydrogen-bond donors (Lipinski definition) is 2. The second kappa shape index (κ2) is 6.92. The predicted octanol–water partition coefficient (Wildman–Crippen LogP) is 2.97. The quantitative estimate of drug-likeness (QED) is 0.673. The van der Waals surface area contributed by atoms with Crippen molar-refractivity contribution in [1.82, 2.24) is 14.8 Å². The molecule has 3 aromatic rings. The molecule has 0 amide bonds. The van der Waals surface area contributed by atoms with Crippen molar-refractivity contribution in [3.8, 4) is 5.69 Å². The Morgan fingerprint density at radius 3 is 2.64 bits per heavy atom. The number of benzene rings is 1. The average Bonchev–Trinajstić information content (AvgIpc) is 3.07. The third-order valence-corrected chi connectivity index (χ3v) is 4.72. The van der Waals surface area contributed by atoms with Gasteiger partial charge in [0.25, 0.3) is 5.92 Å². The van der Waals surface area contributed by atoms with E-state index in [0.29, 0.717) is 22.3 Å². The number of carboxylic acids is 1. The van der Waals surface area contributed by atoms with Gasteiger partial charge in [-0.3, -0.25) is 0 Å². The number of aromatic carboxylic acids is 1. The van der Waals surface area contributed by atoms with Crippen LogP contribution in [0.15, 0.2) is 42.7 Å². The lowest BCUT2D eigenvalue weighted by Crippen LogP contribution is -2.41. The normalized spacial score (nSPS) is 17.4. The fraction of sp³-hybridized carbons (Fsp3) is 0.316. The highest BCUT2D eigenvalue weighted by molar-refractivity contribution is 5.87. The van der Waals surface area contributed by atoms with Gasteiger partial charge < -0.3 is 14.9 Å². The number of pyridine rings is 1. The number of hydrogen-bond acceptors (Lipinski definition) is 5. The Morgan fingerprint density at radius 2 is 2.00 bits per heavy atom. The molecule has 1 atom stereocenters. The Labute approximate surface area is 158 Å². The minimum absolute atomic E-state index is 0.0846. The highest BCUT2D eigenvalue weighted by atomic mass is 19.3. The summed E-state index contributed by atoms with van der Waals surface area (Å²) in [4.78, 5) is 15.3. The molecule has 0 spiro atoms. The zero-order valence-corrected chi connectivity index (χ0v) is 14.6. The second-order valence-corrected chi connectivity index (χ2v) is 6.83. The number of carboxylic acid groups (broad SMARTS) is 1. The first-order valence-corrected chi connectivity index (χ1v) is 8.67. The molecule has 9 heteroatoms. The van der Waals surface area contributed by atoms with Crippen LogP contribution in [0.4, 0.5) is 8.78 Å². The van der Waals surface area contributed by atoms with Crippen LogP contribution in [0.25, 0.3) is 16.7 Å². The fourth-order valence-corrected chi connectivity index (χ4v) is 3.10. The molecular weight excluding hydrogens is 372 g/mol. The van der Waals surface area contributed by atoms with Crippen LogP contribution >= 0.6 is 0 Å². The van der Waals surface area contributed by atoms with Crippen LogP contribution < -0.4 is 0 Å². The molecule has 0 unspecified atom stereocenters. The monoisotopic (exact) mass is 389 g/mol. The van der Waals surface area contributed by atoms with E-state index in [2.05, 4.69) is 10.1 Å². The van der Waals surface area contributed by atoms with Gasteiger partial charge in [0, 0.05) is 30.0 Å². The summed E-state index contributed by atoms with van der Waals surface area (Å²) in [5.41, 5.74) is 1.86. The van der Waals surface area contributed by atoms with E-state index in [4.69, 9.17) is 9.84 Å². The number of nitrogens with zero attached hydrogens (tertiary/aromatic N) is 3. The number of aliphatic hydroxyl groups is 1. The van der Waals surface area contributed by atoms with Crippen molar-refractivity contribution >= 4 is 17.0 Å². The van der Waals surface area contributed by atoms with Gasteiger partial charge in [-0.05, 0) is 30.3 Å². The minimum atomic E-state index is -2.66. The van der Waals surface area contributed by atoms with Gasteiger partial charge in [0.1, 0.15) is 6.10 Å². The first-order valence-electron chi connectivity index (χ1n) is 8.67. The average molecular weight is 389 g/mol. The molecule has 146 valence electrons. The molecule has 0 radical (unpaired) electrons. The van der Waals surface area contributed by atoms with E-state index in [1.54, 1.807) is 29.1 Å². The number of aliphatic hydroxyl groups excluding tert-OH is 1. The summed E-state index contributed by atoms with van der Waals surface area (Å²) in [5, 5.41) is 24.2. The van der Waals surface area contributed by atoms with Crippen molar-refractivity contribution < 1.29 is 28.5 Å². The van der Waals surface area contributed by atoms with Gasteiger partial charge in [-0.25, -0.2) is 23.2 Å². The van der Waals surface area contributed by atoms with E-state index >= 15 is 0 Å². The van der Waals surface area contributed by atoms with Gasteiger partial charge in [0.15, 0.2) is 5.65 Å². The van der Waals surface area contributed by atoms with Crippen LogP contribution in [0.1, 0.15) is 34.9 Å². The smallest absolute Gasteiger partial charge is 0.335 e. The Balaban J connectivity index is 1.48. The van der Waals surface area contributed by atoms with Gasteiger partial charge >= 0.3 is 5.97 Å². The number of rotatable bonds is 6. The lowest BCUT2D eigenvalue weighted by atomic mass is 9.91. The van der Waals surface area contributed by atoms with E-state index in [1.165, 1.54) is 18.3 Å². The number of halogens is 2. The van der Waals surface area contributed by atoms with Crippen molar-refractivity contribution in [2.75, 3.05) is 6.61 Å². The number of ether oxygens (including phenoxy) is 1. The molecule has 28 heavy (non-hydrogen) atoms. The van der Waals surface area contributed by atoms with Crippen molar-refractivity contribution in [1.29, 1.82) is 0 Å². The van der Waals surface area contributed by atoms with Crippen molar-refractivity contribution in [2.45, 2.75) is 31.0 Å². The van der Waals surface area contributed by atoms with Crippen molar-refractivity contribution in [3.05, 3.63) is 53.9 Å². The van der Waals surface area contributed by atoms with E-state index < -0.39 is 24.1 Å². The number of aromatic nitrogens is 3. The number of carbonyl (C=O) groups is 1. The van der Waals surface area contributed by atoms with Crippen LogP contribution in [-0.4, -0.2) is 49.6 Å². The molecule has 2 N–H and O–H groups in total. The first kappa shape index (κ1) is 18.5. The highest BCUT2D eigenvalue weighted by Gasteiger charge is 2.46. The minimum Gasteiger partial charge on any atom is -0.478 e. The Hall–Kier alpha value is -2.91. The molecule has 2 heterocycles. The topological polar surface area (TPSA) is 97.5 Å². The van der Waals surface area contributed by atoms with Crippen LogP contribution in [0.5, 0.6) is 0 Å². The maximum absolute atomic E-state index is 12.8. The van der Waals surface area contributed by atoms with Gasteiger partial charge in [-0.15, -0.1) is 0 Å². The Morgan fingerprint density at radius 1 is 1.29 bits per heavy atom. The molecule has 1 aromatic carbocycles. The van der Waals surface area contributed by atoms with Crippen molar-refractivity contribution in [3.63, 3.8) is 0 Å². The molecule has 0 aliphatic heterocycles. The summed E-state index contributed by atoms with van der Waals surface area (Å²) in [7, 11) is 0. The molecule has 1 aliphatic carbocycles. The highest BCUT2D eigenvalue weighted by Crippen LogP contribution is 2.39. The summed E-state index contributed by atoms with van der Waals surface area (Å²) in [5.74, 6) is -3.67. The maximum atomic E-state index is 12.8. The molecule has 1 aliphatic rings. The van der Waals surface area contributed by atoms with Crippen LogP contribution in [0.2, 0.25) is 0 Å². The fourth-order valence-electron chi connectivity index (χ4n) is 3.10. The van der Waals surface area contributed by atoms with Crippen LogP contribution in [-0.2, 0) is 4.74 Å². The summed E-state index contributed by atoms with van der Waals surface area (Å²) >= 11 is 0. The zero-order valence-electron chi connectivity index (χ0n) is 14.6. The van der Waals surface area contributed by atoms with Crippen LogP contribution in [0.3, 0.4) is 0 Å². The van der Waals surface area contributed by atoms with Crippen LogP contribution in [0, 0.1) is 0 Å². The first-order chi connectivity index (χ1) is 13.3. The molecule has 7 nitrogen and oxygen atoms in total. The van der Waals surface area contributed by atoms with E-state index in [-0.39, 0.29) is 25.0 Å². The molecule has 0 saturated heterocycles. The van der Waals surface area contributed by atoms with Gasteiger partial charge in [-0.1, -0.05) is 0 Å². The zero-order chi connectivity index (χ0) is 19.9. The third-order valence-electron chi connectivity index (χ3n) is 4.72. The van der Waals surface area contributed by atoms with Gasteiger partial charge in [-0.2, -0.15) is 5.10 Å². The molecule has 1 fully saturated rings. The SMILES string of the molecule is O=C(O)c1ccc(-n2ncc3cc([C@@H](O)COC4CC(F)(F)C4)cnc32)cc1. The summed E-state index contributed by atoms with van der Waals surface area (Å²) < 4.78 is 32.5. The summed E-state index contributed by atoms with van der Waals surface area (Å²) in [6.45, 7) is -0.0846. The van der Waals surface area contributed by atoms with E-state index in [9.17, 15) is 18.7 Å². The molecule has 1 saturated carbocycles. The van der Waals surface area contributed by atoms with Gasteiger partial charge in [0.05, 0.1) is 30.2 Å². The summed E-state index contributed by atoms with van der Waals surface area (Å²) in [6, 6.07) is 7.92. The maximum Gasteiger partial charge on any atom is 0.335 e. The lowest BCUT2D eigenvalue weighted by Gasteiger charge is -2.35. The third kappa shape index (κ3) is 3.58. The van der Waals surface area contributed by atoms with E-state index in [1.807, 2.05) is 0 Å². The number of alkyl halides is 2. The predicted molar refractivity (Wildman–Crippen MR) is 94.7 cm³/mol. The lowest BCUT2D eigenvalue weighted by molar-refractivity contribution is -0.173. The number of fused-ring (bicyclic) bond motifs is 1. The molecule has 2 aromatic heterocycles. The van der Waals surface area contributed by atoms with E-state index in [0.717, 1.165) is 0 Å². The molecular formula is C19H17F2N3O4. The van der Waals surface area contributed by atoms with Gasteiger partial charge in [0.2, 0.25) is 0 Å². The second-order valence-electron chi connectivity index (χ2n) is 6.83. The molecule has 4 rings (SSSR count). The summed E-state index contributed by atoms with van der Waals surface area (Å²) in [6.07, 6.45) is 0.920. The largest absolute Gasteiger partial charge is 0.478 e. The van der Waals surface area contributed by atoms with Crippen molar-refractivity contribution in [2.24, 2.45) is 0 Å². The Bertz CT molecular complexity index is 1010. The molecule has 0 bridgehead atoms. The Kier molecular flexibility index (Phi) is 4.56.